The summed E-state index contributed by atoms with van der Waals surface area (Å²) >= 11 is 5.76. The van der Waals surface area contributed by atoms with E-state index in [1.807, 2.05) is 18.2 Å². The van der Waals surface area contributed by atoms with E-state index in [4.69, 9.17) is 21.1 Å². The Morgan fingerprint density at radius 3 is 2.71 bits per heavy atom. The van der Waals surface area contributed by atoms with Crippen LogP contribution in [0.3, 0.4) is 0 Å². The van der Waals surface area contributed by atoms with E-state index in [-0.39, 0.29) is 22.9 Å². The second-order valence-corrected chi connectivity index (χ2v) is 5.26. The van der Waals surface area contributed by atoms with Gasteiger partial charge in [-0.15, -0.1) is 0 Å². The molecule has 0 radical (unpaired) electrons. The van der Waals surface area contributed by atoms with E-state index in [9.17, 15) is 14.7 Å². The predicted molar refractivity (Wildman–Crippen MR) is 88.2 cm³/mol. The molecule has 0 bridgehead atoms. The first kappa shape index (κ1) is 17.6. The SMILES string of the molecule is COc1ccccc1CNC(=O)COC(=O)c1cc(Cl)ccc1O. The number of esters is 1. The number of methoxy groups -OCH3 is 1. The lowest BCUT2D eigenvalue weighted by Gasteiger charge is -2.10. The molecular formula is C17H16ClNO5. The number of phenolic OH excluding ortho intramolecular Hbond substituents is 1. The Labute approximate surface area is 144 Å². The lowest BCUT2D eigenvalue weighted by Crippen LogP contribution is -2.28. The van der Waals surface area contributed by atoms with Crippen molar-refractivity contribution in [3.8, 4) is 11.5 Å². The number of hydrogen-bond acceptors (Lipinski definition) is 5. The van der Waals surface area contributed by atoms with Crippen LogP contribution in [0.5, 0.6) is 11.5 Å². The molecule has 0 atom stereocenters. The summed E-state index contributed by atoms with van der Waals surface area (Å²) < 4.78 is 10.1. The third-order valence-corrected chi connectivity index (χ3v) is 3.42. The molecule has 0 aliphatic carbocycles. The fourth-order valence-corrected chi connectivity index (χ4v) is 2.15. The topological polar surface area (TPSA) is 84.9 Å². The zero-order valence-electron chi connectivity index (χ0n) is 12.9. The minimum absolute atomic E-state index is 0.0972. The minimum atomic E-state index is -0.831. The first-order chi connectivity index (χ1) is 11.5. The van der Waals surface area contributed by atoms with Crippen molar-refractivity contribution in [1.82, 2.24) is 5.32 Å². The van der Waals surface area contributed by atoms with E-state index in [0.717, 1.165) is 5.56 Å². The van der Waals surface area contributed by atoms with Gasteiger partial charge in [-0.2, -0.15) is 0 Å². The number of amides is 1. The number of rotatable bonds is 6. The van der Waals surface area contributed by atoms with Crippen molar-refractivity contribution in [3.63, 3.8) is 0 Å². The van der Waals surface area contributed by atoms with Crippen molar-refractivity contribution >= 4 is 23.5 Å². The second-order valence-electron chi connectivity index (χ2n) is 4.83. The molecule has 6 nitrogen and oxygen atoms in total. The molecule has 2 N–H and O–H groups in total. The van der Waals surface area contributed by atoms with Gasteiger partial charge in [-0.3, -0.25) is 4.79 Å². The number of benzene rings is 2. The maximum absolute atomic E-state index is 11.9. The molecule has 24 heavy (non-hydrogen) atoms. The largest absolute Gasteiger partial charge is 0.507 e. The van der Waals surface area contributed by atoms with E-state index < -0.39 is 18.5 Å². The van der Waals surface area contributed by atoms with Crippen LogP contribution in [0.1, 0.15) is 15.9 Å². The highest BCUT2D eigenvalue weighted by Gasteiger charge is 2.15. The molecule has 2 rings (SSSR count). The first-order valence-electron chi connectivity index (χ1n) is 7.05. The summed E-state index contributed by atoms with van der Waals surface area (Å²) in [7, 11) is 1.54. The van der Waals surface area contributed by atoms with Crippen LogP contribution in [0.4, 0.5) is 0 Å². The third-order valence-electron chi connectivity index (χ3n) is 3.18. The van der Waals surface area contributed by atoms with Gasteiger partial charge in [0.05, 0.1) is 7.11 Å². The van der Waals surface area contributed by atoms with Gasteiger partial charge in [-0.25, -0.2) is 4.79 Å². The Hall–Kier alpha value is -2.73. The van der Waals surface area contributed by atoms with Crippen molar-refractivity contribution < 1.29 is 24.2 Å². The molecule has 0 spiro atoms. The van der Waals surface area contributed by atoms with Gasteiger partial charge in [0.25, 0.3) is 5.91 Å². The number of halogens is 1. The Morgan fingerprint density at radius 1 is 1.21 bits per heavy atom. The van der Waals surface area contributed by atoms with Gasteiger partial charge >= 0.3 is 5.97 Å². The lowest BCUT2D eigenvalue weighted by molar-refractivity contribution is -0.124. The number of carbonyl (C=O) groups excluding carboxylic acids is 2. The number of carbonyl (C=O) groups is 2. The fraction of sp³-hybridized carbons (Fsp3) is 0.176. The molecule has 0 heterocycles. The molecule has 1 amide bonds. The van der Waals surface area contributed by atoms with Gasteiger partial charge in [0.1, 0.15) is 17.1 Å². The van der Waals surface area contributed by atoms with Crippen LogP contribution < -0.4 is 10.1 Å². The van der Waals surface area contributed by atoms with Crippen LogP contribution in [0.15, 0.2) is 42.5 Å². The Morgan fingerprint density at radius 2 is 1.96 bits per heavy atom. The smallest absolute Gasteiger partial charge is 0.342 e. The van der Waals surface area contributed by atoms with Crippen LogP contribution >= 0.6 is 11.6 Å². The second kappa shape index (κ2) is 8.21. The zero-order chi connectivity index (χ0) is 17.5. The van der Waals surface area contributed by atoms with Gasteiger partial charge in [-0.1, -0.05) is 29.8 Å². The molecule has 2 aromatic rings. The Bertz CT molecular complexity index is 748. The van der Waals surface area contributed by atoms with Crippen LogP contribution in [-0.2, 0) is 16.1 Å². The maximum Gasteiger partial charge on any atom is 0.342 e. The van der Waals surface area contributed by atoms with Crippen molar-refractivity contribution in [3.05, 3.63) is 58.6 Å². The summed E-state index contributed by atoms with van der Waals surface area (Å²) in [5.41, 5.74) is 0.701. The van der Waals surface area contributed by atoms with E-state index in [1.165, 1.54) is 18.2 Å². The number of para-hydroxylation sites is 1. The van der Waals surface area contributed by atoms with Crippen LogP contribution in [0, 0.1) is 0 Å². The van der Waals surface area contributed by atoms with Gasteiger partial charge in [0, 0.05) is 17.1 Å². The standard InChI is InChI=1S/C17H16ClNO5/c1-23-15-5-3-2-4-11(15)9-19-16(21)10-24-17(22)13-8-12(18)6-7-14(13)20/h2-8,20H,9-10H2,1H3,(H,19,21). The molecule has 0 saturated heterocycles. The molecule has 2 aromatic carbocycles. The highest BCUT2D eigenvalue weighted by molar-refractivity contribution is 6.31. The van der Waals surface area contributed by atoms with E-state index in [1.54, 1.807) is 13.2 Å². The maximum atomic E-state index is 11.9. The quantitative estimate of drug-likeness (QED) is 0.783. The summed E-state index contributed by atoms with van der Waals surface area (Å²) in [5.74, 6) is -0.921. The molecule has 126 valence electrons. The molecule has 0 aromatic heterocycles. The molecule has 0 aliphatic rings. The molecule has 0 saturated carbocycles. The van der Waals surface area contributed by atoms with Crippen molar-refractivity contribution in [2.45, 2.75) is 6.54 Å². The van der Waals surface area contributed by atoms with Gasteiger partial charge in [0.15, 0.2) is 6.61 Å². The highest BCUT2D eigenvalue weighted by atomic mass is 35.5. The van der Waals surface area contributed by atoms with Crippen LogP contribution in [-0.4, -0.2) is 30.7 Å². The highest BCUT2D eigenvalue weighted by Crippen LogP contribution is 2.22. The number of ether oxygens (including phenoxy) is 2. The van der Waals surface area contributed by atoms with Crippen molar-refractivity contribution in [2.24, 2.45) is 0 Å². The summed E-state index contributed by atoms with van der Waals surface area (Å²) in [4.78, 5) is 23.6. The summed E-state index contributed by atoms with van der Waals surface area (Å²) in [6, 6.07) is 11.2. The zero-order valence-corrected chi connectivity index (χ0v) is 13.7. The normalized spacial score (nSPS) is 10.1. The van der Waals surface area contributed by atoms with Crippen molar-refractivity contribution in [1.29, 1.82) is 0 Å². The minimum Gasteiger partial charge on any atom is -0.507 e. The number of nitrogens with one attached hydrogen (secondary N) is 1. The summed E-state index contributed by atoms with van der Waals surface area (Å²) in [6.07, 6.45) is 0. The Balaban J connectivity index is 1.87. The molecular weight excluding hydrogens is 334 g/mol. The summed E-state index contributed by atoms with van der Waals surface area (Å²) in [6.45, 7) is -0.233. The van der Waals surface area contributed by atoms with Crippen LogP contribution in [0.25, 0.3) is 0 Å². The lowest BCUT2D eigenvalue weighted by atomic mass is 10.2. The van der Waals surface area contributed by atoms with E-state index in [0.29, 0.717) is 5.75 Å². The summed E-state index contributed by atoms with van der Waals surface area (Å²) in [5, 5.41) is 12.5. The first-order valence-corrected chi connectivity index (χ1v) is 7.43. The van der Waals surface area contributed by atoms with E-state index >= 15 is 0 Å². The Kier molecular flexibility index (Phi) is 6.03. The van der Waals surface area contributed by atoms with Gasteiger partial charge in [-0.05, 0) is 24.3 Å². The number of phenols is 1. The third kappa shape index (κ3) is 4.63. The number of aromatic hydroxyl groups is 1. The van der Waals surface area contributed by atoms with E-state index in [2.05, 4.69) is 5.32 Å². The molecule has 7 heteroatoms. The average Bonchev–Trinajstić information content (AvgIpc) is 2.60. The number of hydrogen-bond donors (Lipinski definition) is 2. The van der Waals surface area contributed by atoms with Gasteiger partial charge < -0.3 is 19.9 Å². The predicted octanol–water partition coefficient (Wildman–Crippen LogP) is 2.53. The molecule has 0 aliphatic heterocycles. The molecule has 0 unspecified atom stereocenters. The monoisotopic (exact) mass is 349 g/mol. The van der Waals surface area contributed by atoms with Crippen LogP contribution in [0.2, 0.25) is 5.02 Å². The molecule has 0 fully saturated rings. The van der Waals surface area contributed by atoms with Gasteiger partial charge in [0.2, 0.25) is 0 Å². The van der Waals surface area contributed by atoms with Crippen molar-refractivity contribution in [2.75, 3.05) is 13.7 Å². The fourth-order valence-electron chi connectivity index (χ4n) is 1.97. The average molecular weight is 350 g/mol.